The van der Waals surface area contributed by atoms with Crippen molar-refractivity contribution >= 4 is 11.8 Å². The fourth-order valence-corrected chi connectivity index (χ4v) is 3.40. The van der Waals surface area contributed by atoms with Crippen LogP contribution in [-0.2, 0) is 6.61 Å². The zero-order chi connectivity index (χ0) is 19.9. The van der Waals surface area contributed by atoms with Gasteiger partial charge in [0.25, 0.3) is 0 Å². The third-order valence-corrected chi connectivity index (χ3v) is 4.93. The lowest BCUT2D eigenvalue weighted by molar-refractivity contribution is 0.291. The molecule has 0 radical (unpaired) electrons. The molecule has 2 aromatic carbocycles. The van der Waals surface area contributed by atoms with Crippen LogP contribution in [0.2, 0.25) is 0 Å². The average molecular weight is 402 g/mol. The SMILES string of the molecule is Cc1cc(C)cc(OCc2nnc(SCCCOc3ccc(F)cc3)n2N)c1. The Morgan fingerprint density at radius 2 is 1.71 bits per heavy atom. The third-order valence-electron chi connectivity index (χ3n) is 3.90. The molecule has 0 aliphatic carbocycles. The van der Waals surface area contributed by atoms with Crippen molar-refractivity contribution < 1.29 is 13.9 Å². The molecule has 148 valence electrons. The number of hydrogen-bond donors (Lipinski definition) is 1. The van der Waals surface area contributed by atoms with Crippen molar-refractivity contribution in [3.63, 3.8) is 0 Å². The minimum Gasteiger partial charge on any atom is -0.494 e. The molecule has 0 bridgehead atoms. The van der Waals surface area contributed by atoms with Gasteiger partial charge in [0.1, 0.15) is 23.9 Å². The van der Waals surface area contributed by atoms with Crippen LogP contribution in [-0.4, -0.2) is 27.2 Å². The maximum absolute atomic E-state index is 12.8. The average Bonchev–Trinajstić information content (AvgIpc) is 3.00. The summed E-state index contributed by atoms with van der Waals surface area (Å²) in [7, 11) is 0. The molecule has 6 nitrogen and oxygen atoms in total. The van der Waals surface area contributed by atoms with Crippen LogP contribution in [0.1, 0.15) is 23.4 Å². The second-order valence-corrected chi connectivity index (χ2v) is 7.45. The minimum absolute atomic E-state index is 0.251. The summed E-state index contributed by atoms with van der Waals surface area (Å²) in [5, 5.41) is 8.85. The molecular weight excluding hydrogens is 379 g/mol. The van der Waals surface area contributed by atoms with E-state index < -0.39 is 0 Å². The Morgan fingerprint density at radius 3 is 2.43 bits per heavy atom. The molecule has 0 fully saturated rings. The Balaban J connectivity index is 1.43. The van der Waals surface area contributed by atoms with E-state index >= 15 is 0 Å². The topological polar surface area (TPSA) is 75.2 Å². The number of hydrogen-bond acceptors (Lipinski definition) is 6. The van der Waals surface area contributed by atoms with Crippen LogP contribution in [0, 0.1) is 19.7 Å². The van der Waals surface area contributed by atoms with E-state index in [1.54, 1.807) is 12.1 Å². The second kappa shape index (κ2) is 9.45. The summed E-state index contributed by atoms with van der Waals surface area (Å²) in [5.41, 5.74) is 2.28. The van der Waals surface area contributed by atoms with Crippen molar-refractivity contribution in [3.05, 3.63) is 65.2 Å². The number of thioether (sulfide) groups is 1. The smallest absolute Gasteiger partial charge is 0.209 e. The number of nitrogens with two attached hydrogens (primary N) is 1. The van der Waals surface area contributed by atoms with Gasteiger partial charge in [-0.25, -0.2) is 9.07 Å². The lowest BCUT2D eigenvalue weighted by atomic mass is 10.1. The van der Waals surface area contributed by atoms with E-state index in [0.717, 1.165) is 29.1 Å². The van der Waals surface area contributed by atoms with Crippen LogP contribution in [0.3, 0.4) is 0 Å². The Bertz CT molecular complexity index is 895. The zero-order valence-corrected chi connectivity index (χ0v) is 16.7. The number of rotatable bonds is 9. The highest BCUT2D eigenvalue weighted by Gasteiger charge is 2.11. The molecule has 0 atom stereocenters. The van der Waals surface area contributed by atoms with E-state index in [2.05, 4.69) is 16.3 Å². The number of aryl methyl sites for hydroxylation is 2. The molecule has 3 rings (SSSR count). The highest BCUT2D eigenvalue weighted by Crippen LogP contribution is 2.19. The van der Waals surface area contributed by atoms with Crippen LogP contribution >= 0.6 is 11.8 Å². The lowest BCUT2D eigenvalue weighted by Gasteiger charge is -2.08. The molecule has 8 heteroatoms. The van der Waals surface area contributed by atoms with E-state index in [-0.39, 0.29) is 12.4 Å². The zero-order valence-electron chi connectivity index (χ0n) is 15.9. The van der Waals surface area contributed by atoms with Gasteiger partial charge < -0.3 is 15.3 Å². The molecule has 28 heavy (non-hydrogen) atoms. The molecule has 1 heterocycles. The fraction of sp³-hybridized carbons (Fsp3) is 0.300. The van der Waals surface area contributed by atoms with Gasteiger partial charge in [-0.05, 0) is 67.8 Å². The first-order chi connectivity index (χ1) is 13.5. The number of benzene rings is 2. The van der Waals surface area contributed by atoms with Crippen LogP contribution in [0.25, 0.3) is 0 Å². The summed E-state index contributed by atoms with van der Waals surface area (Å²) in [6.45, 7) is 4.83. The molecule has 2 N–H and O–H groups in total. The standard InChI is InChI=1S/C20H23FN4O2S/c1-14-10-15(2)12-18(11-14)27-13-19-23-24-20(25(19)22)28-9-3-8-26-17-6-4-16(21)5-7-17/h4-7,10-12H,3,8-9,13,22H2,1-2H3. The van der Waals surface area contributed by atoms with Gasteiger partial charge in [-0.15, -0.1) is 10.2 Å². The van der Waals surface area contributed by atoms with Crippen molar-refractivity contribution in [2.24, 2.45) is 0 Å². The molecule has 0 amide bonds. The van der Waals surface area contributed by atoms with E-state index in [4.69, 9.17) is 15.3 Å². The molecule has 0 aliphatic rings. The molecule has 1 aromatic heterocycles. The number of nitrogen functional groups attached to an aromatic ring is 1. The number of ether oxygens (including phenoxy) is 2. The molecule has 0 saturated heterocycles. The molecule has 3 aromatic rings. The van der Waals surface area contributed by atoms with Gasteiger partial charge >= 0.3 is 0 Å². The normalized spacial score (nSPS) is 10.8. The Labute approximate surface area is 167 Å². The van der Waals surface area contributed by atoms with E-state index in [0.29, 0.717) is 23.3 Å². The summed E-state index contributed by atoms with van der Waals surface area (Å²) >= 11 is 1.50. The summed E-state index contributed by atoms with van der Waals surface area (Å²) in [4.78, 5) is 0. The summed E-state index contributed by atoms with van der Waals surface area (Å²) in [6, 6.07) is 12.0. The first-order valence-electron chi connectivity index (χ1n) is 8.93. The number of halogens is 1. The molecule has 0 aliphatic heterocycles. The maximum Gasteiger partial charge on any atom is 0.209 e. The van der Waals surface area contributed by atoms with Crippen LogP contribution in [0.5, 0.6) is 11.5 Å². The Hall–Kier alpha value is -2.74. The van der Waals surface area contributed by atoms with Crippen molar-refractivity contribution in [1.82, 2.24) is 14.9 Å². The molecule has 0 spiro atoms. The fourth-order valence-electron chi connectivity index (χ4n) is 2.61. The second-order valence-electron chi connectivity index (χ2n) is 6.39. The van der Waals surface area contributed by atoms with Gasteiger partial charge in [-0.2, -0.15) is 0 Å². The first kappa shape index (κ1) is 20.0. The monoisotopic (exact) mass is 402 g/mol. The maximum atomic E-state index is 12.8. The third kappa shape index (κ3) is 5.63. The van der Waals surface area contributed by atoms with Gasteiger partial charge in [0.15, 0.2) is 5.82 Å². The minimum atomic E-state index is -0.275. The van der Waals surface area contributed by atoms with Crippen molar-refractivity contribution in [2.45, 2.75) is 32.0 Å². The summed E-state index contributed by atoms with van der Waals surface area (Å²) < 4.78 is 25.7. The van der Waals surface area contributed by atoms with Gasteiger partial charge in [-0.1, -0.05) is 17.8 Å². The van der Waals surface area contributed by atoms with Gasteiger partial charge in [-0.3, -0.25) is 0 Å². The van der Waals surface area contributed by atoms with E-state index in [1.807, 2.05) is 26.0 Å². The molecule has 0 saturated carbocycles. The quantitative estimate of drug-likeness (QED) is 0.332. The van der Waals surface area contributed by atoms with Crippen molar-refractivity contribution in [1.29, 1.82) is 0 Å². The largest absolute Gasteiger partial charge is 0.494 e. The predicted octanol–water partition coefficient (Wildman–Crippen LogP) is 3.89. The lowest BCUT2D eigenvalue weighted by Crippen LogP contribution is -2.16. The van der Waals surface area contributed by atoms with E-state index in [1.165, 1.54) is 28.6 Å². The van der Waals surface area contributed by atoms with Gasteiger partial charge in [0, 0.05) is 5.75 Å². The van der Waals surface area contributed by atoms with Gasteiger partial charge in [0.05, 0.1) is 6.61 Å². The predicted molar refractivity (Wildman–Crippen MR) is 108 cm³/mol. The summed E-state index contributed by atoms with van der Waals surface area (Å²) in [5.74, 6) is 8.56. The van der Waals surface area contributed by atoms with Crippen molar-refractivity contribution in [3.8, 4) is 11.5 Å². The Kier molecular flexibility index (Phi) is 6.76. The summed E-state index contributed by atoms with van der Waals surface area (Å²) in [6.07, 6.45) is 0.795. The molecule has 0 unspecified atom stereocenters. The van der Waals surface area contributed by atoms with Gasteiger partial charge in [0.2, 0.25) is 5.16 Å². The van der Waals surface area contributed by atoms with Crippen molar-refractivity contribution in [2.75, 3.05) is 18.2 Å². The number of nitrogens with zero attached hydrogens (tertiary/aromatic N) is 3. The highest BCUT2D eigenvalue weighted by atomic mass is 32.2. The van der Waals surface area contributed by atoms with E-state index in [9.17, 15) is 4.39 Å². The van der Waals surface area contributed by atoms with Crippen LogP contribution in [0.4, 0.5) is 4.39 Å². The van der Waals surface area contributed by atoms with Crippen LogP contribution < -0.4 is 15.3 Å². The highest BCUT2D eigenvalue weighted by molar-refractivity contribution is 7.99. The number of aromatic nitrogens is 3. The molecular formula is C20H23FN4O2S. The van der Waals surface area contributed by atoms with Crippen LogP contribution in [0.15, 0.2) is 47.6 Å². The Morgan fingerprint density at radius 1 is 1.00 bits per heavy atom. The first-order valence-corrected chi connectivity index (χ1v) is 9.91.